The quantitative estimate of drug-likeness (QED) is 0.748. The first kappa shape index (κ1) is 7.98. The Hall–Kier alpha value is -1.64. The van der Waals surface area contributed by atoms with Crippen molar-refractivity contribution in [2.24, 2.45) is 0 Å². The average Bonchev–Trinajstić information content (AvgIpc) is 2.70. The van der Waals surface area contributed by atoms with Crippen molar-refractivity contribution >= 4 is 0 Å². The Labute approximate surface area is 75.4 Å². The van der Waals surface area contributed by atoms with Gasteiger partial charge in [-0.15, -0.1) is 0 Å². The summed E-state index contributed by atoms with van der Waals surface area (Å²) in [6, 6.07) is 7.34. The van der Waals surface area contributed by atoms with Crippen LogP contribution in [0.4, 0.5) is 4.39 Å². The summed E-state index contributed by atoms with van der Waals surface area (Å²) in [6.07, 6.45) is 3.35. The van der Waals surface area contributed by atoms with Crippen molar-refractivity contribution in [2.75, 3.05) is 0 Å². The molecular formula is C10H9FN2. The lowest BCUT2D eigenvalue weighted by molar-refractivity contribution is 0.486. The number of hydrogen-bond donors (Lipinski definition) is 1. The molecule has 2 rings (SSSR count). The van der Waals surface area contributed by atoms with E-state index in [1.54, 1.807) is 18.6 Å². The van der Waals surface area contributed by atoms with Crippen LogP contribution in [-0.4, -0.2) is 9.97 Å². The van der Waals surface area contributed by atoms with E-state index in [1.165, 1.54) is 0 Å². The zero-order valence-electron chi connectivity index (χ0n) is 7.00. The largest absolute Gasteiger partial charge is 0.351 e. The van der Waals surface area contributed by atoms with Crippen LogP contribution in [0.5, 0.6) is 0 Å². The fraction of sp³-hybridized carbons (Fsp3) is 0.100. The van der Waals surface area contributed by atoms with Crippen LogP contribution in [0.25, 0.3) is 11.3 Å². The maximum Gasteiger partial charge on any atom is 0.115 e. The van der Waals surface area contributed by atoms with E-state index in [-0.39, 0.29) is 0 Å². The Morgan fingerprint density at radius 2 is 2.15 bits per heavy atom. The molecule has 0 saturated carbocycles. The molecule has 66 valence electrons. The van der Waals surface area contributed by atoms with E-state index in [1.807, 2.05) is 18.2 Å². The molecule has 0 saturated heterocycles. The van der Waals surface area contributed by atoms with Gasteiger partial charge in [0.25, 0.3) is 0 Å². The highest BCUT2D eigenvalue weighted by molar-refractivity contribution is 5.62. The van der Waals surface area contributed by atoms with Crippen LogP contribution in [-0.2, 0) is 6.67 Å². The molecule has 0 aliphatic carbocycles. The number of halogens is 1. The second kappa shape index (κ2) is 3.39. The molecule has 13 heavy (non-hydrogen) atoms. The van der Waals surface area contributed by atoms with E-state index in [9.17, 15) is 4.39 Å². The third-order valence-electron chi connectivity index (χ3n) is 1.94. The van der Waals surface area contributed by atoms with Gasteiger partial charge in [0.05, 0.1) is 12.0 Å². The Kier molecular flexibility index (Phi) is 2.08. The summed E-state index contributed by atoms with van der Waals surface area (Å²) < 4.78 is 12.5. The van der Waals surface area contributed by atoms with Crippen molar-refractivity contribution in [1.82, 2.24) is 9.97 Å². The highest BCUT2D eigenvalue weighted by Crippen LogP contribution is 2.21. The van der Waals surface area contributed by atoms with Crippen molar-refractivity contribution in [1.29, 1.82) is 0 Å². The number of benzene rings is 1. The van der Waals surface area contributed by atoms with Crippen molar-refractivity contribution in [3.63, 3.8) is 0 Å². The van der Waals surface area contributed by atoms with E-state index >= 15 is 0 Å². The summed E-state index contributed by atoms with van der Waals surface area (Å²) in [5.41, 5.74) is 2.31. The molecule has 0 aliphatic heterocycles. The van der Waals surface area contributed by atoms with E-state index in [0.29, 0.717) is 5.56 Å². The number of hydrogen-bond acceptors (Lipinski definition) is 1. The van der Waals surface area contributed by atoms with Gasteiger partial charge in [0.1, 0.15) is 6.67 Å². The molecule has 3 heteroatoms. The van der Waals surface area contributed by atoms with Gasteiger partial charge in [-0.3, -0.25) is 0 Å². The molecule has 2 aromatic rings. The van der Waals surface area contributed by atoms with Gasteiger partial charge in [0.2, 0.25) is 0 Å². The highest BCUT2D eigenvalue weighted by atomic mass is 19.1. The minimum Gasteiger partial charge on any atom is -0.351 e. The zero-order valence-corrected chi connectivity index (χ0v) is 7.00. The summed E-state index contributed by atoms with van der Waals surface area (Å²) in [4.78, 5) is 6.92. The number of imidazole rings is 1. The molecule has 0 amide bonds. The number of rotatable bonds is 2. The fourth-order valence-electron chi connectivity index (χ4n) is 1.29. The SMILES string of the molecule is FCc1ccccc1-c1c[nH]cn1. The van der Waals surface area contributed by atoms with Crippen LogP contribution in [0.2, 0.25) is 0 Å². The number of alkyl halides is 1. The molecule has 2 nitrogen and oxygen atoms in total. The lowest BCUT2D eigenvalue weighted by atomic mass is 10.1. The predicted molar refractivity (Wildman–Crippen MR) is 48.8 cm³/mol. The maximum absolute atomic E-state index is 12.5. The summed E-state index contributed by atoms with van der Waals surface area (Å²) >= 11 is 0. The molecule has 0 aliphatic rings. The Morgan fingerprint density at radius 1 is 1.31 bits per heavy atom. The van der Waals surface area contributed by atoms with Crippen molar-refractivity contribution in [3.05, 3.63) is 42.4 Å². The normalized spacial score (nSPS) is 10.2. The minimum absolute atomic E-state index is 0.455. The Balaban J connectivity index is 2.51. The second-order valence-corrected chi connectivity index (χ2v) is 2.75. The topological polar surface area (TPSA) is 28.7 Å². The molecule has 1 aromatic heterocycles. The number of nitrogens with one attached hydrogen (secondary N) is 1. The zero-order chi connectivity index (χ0) is 9.10. The van der Waals surface area contributed by atoms with Crippen LogP contribution in [0.1, 0.15) is 5.56 Å². The summed E-state index contributed by atoms with van der Waals surface area (Å²) in [5, 5.41) is 0. The number of nitrogens with zero attached hydrogens (tertiary/aromatic N) is 1. The van der Waals surface area contributed by atoms with Crippen molar-refractivity contribution in [2.45, 2.75) is 6.67 Å². The Morgan fingerprint density at radius 3 is 2.85 bits per heavy atom. The van der Waals surface area contributed by atoms with E-state index < -0.39 is 6.67 Å². The molecule has 0 fully saturated rings. The average molecular weight is 176 g/mol. The third kappa shape index (κ3) is 1.45. The van der Waals surface area contributed by atoms with E-state index in [4.69, 9.17) is 0 Å². The number of aromatic nitrogens is 2. The molecule has 0 spiro atoms. The van der Waals surface area contributed by atoms with Gasteiger partial charge >= 0.3 is 0 Å². The van der Waals surface area contributed by atoms with Gasteiger partial charge in [-0.25, -0.2) is 9.37 Å². The van der Waals surface area contributed by atoms with Crippen LogP contribution < -0.4 is 0 Å². The summed E-state index contributed by atoms with van der Waals surface area (Å²) in [7, 11) is 0. The minimum atomic E-state index is -0.455. The third-order valence-corrected chi connectivity index (χ3v) is 1.94. The van der Waals surface area contributed by atoms with Gasteiger partial charge in [-0.05, 0) is 5.56 Å². The Bertz CT molecular complexity index is 382. The first-order valence-electron chi connectivity index (χ1n) is 4.05. The summed E-state index contributed by atoms with van der Waals surface area (Å²) in [5.74, 6) is 0. The molecule has 1 aromatic carbocycles. The number of aromatic amines is 1. The monoisotopic (exact) mass is 176 g/mol. The van der Waals surface area contributed by atoms with Gasteiger partial charge < -0.3 is 4.98 Å². The van der Waals surface area contributed by atoms with Crippen LogP contribution in [0.15, 0.2) is 36.8 Å². The molecule has 0 atom stereocenters. The van der Waals surface area contributed by atoms with E-state index in [2.05, 4.69) is 9.97 Å². The standard InChI is InChI=1S/C10H9FN2/c11-5-8-3-1-2-4-9(8)10-6-12-7-13-10/h1-4,6-7H,5H2,(H,12,13). The smallest absolute Gasteiger partial charge is 0.115 e. The lowest BCUT2D eigenvalue weighted by Crippen LogP contribution is -1.85. The van der Waals surface area contributed by atoms with Crippen LogP contribution in [0.3, 0.4) is 0 Å². The van der Waals surface area contributed by atoms with Crippen molar-refractivity contribution in [3.8, 4) is 11.3 Å². The molecular weight excluding hydrogens is 167 g/mol. The summed E-state index contributed by atoms with van der Waals surface area (Å²) in [6.45, 7) is -0.455. The van der Waals surface area contributed by atoms with Gasteiger partial charge in [0.15, 0.2) is 0 Å². The molecule has 0 radical (unpaired) electrons. The van der Waals surface area contributed by atoms with Crippen LogP contribution >= 0.6 is 0 Å². The van der Waals surface area contributed by atoms with Gasteiger partial charge in [-0.2, -0.15) is 0 Å². The molecule has 1 heterocycles. The maximum atomic E-state index is 12.5. The second-order valence-electron chi connectivity index (χ2n) is 2.75. The molecule has 0 bridgehead atoms. The number of H-pyrrole nitrogens is 1. The van der Waals surface area contributed by atoms with Crippen LogP contribution in [0, 0.1) is 0 Å². The van der Waals surface area contributed by atoms with E-state index in [0.717, 1.165) is 11.3 Å². The first-order valence-corrected chi connectivity index (χ1v) is 4.05. The predicted octanol–water partition coefficient (Wildman–Crippen LogP) is 2.55. The fourth-order valence-corrected chi connectivity index (χ4v) is 1.29. The first-order chi connectivity index (χ1) is 6.42. The van der Waals surface area contributed by atoms with Gasteiger partial charge in [0, 0.05) is 11.8 Å². The highest BCUT2D eigenvalue weighted by Gasteiger charge is 2.04. The van der Waals surface area contributed by atoms with Crippen molar-refractivity contribution < 1.29 is 4.39 Å². The van der Waals surface area contributed by atoms with Gasteiger partial charge in [-0.1, -0.05) is 24.3 Å². The molecule has 1 N–H and O–H groups in total. The molecule has 0 unspecified atom stereocenters. The lowest BCUT2D eigenvalue weighted by Gasteiger charge is -2.01.